The normalized spacial score (nSPS) is 12.1. The first-order valence-corrected chi connectivity index (χ1v) is 4.96. The molecule has 0 spiro atoms. The Bertz CT molecular complexity index is 334. The number of rotatable bonds is 3. The number of nitrogens with zero attached hydrogens (tertiary/aromatic N) is 1. The van der Waals surface area contributed by atoms with Gasteiger partial charge in [0.15, 0.2) is 0 Å². The third-order valence-corrected chi connectivity index (χ3v) is 2.85. The van der Waals surface area contributed by atoms with Gasteiger partial charge >= 0.3 is 5.97 Å². The van der Waals surface area contributed by atoms with E-state index in [1.165, 1.54) is 23.2 Å². The molecule has 5 heteroatoms. The number of hydrogen-bond acceptors (Lipinski definition) is 3. The second-order valence-corrected chi connectivity index (χ2v) is 3.83. The fourth-order valence-corrected chi connectivity index (χ4v) is 1.67. The number of amides is 1. The van der Waals surface area contributed by atoms with E-state index in [0.717, 1.165) is 5.00 Å². The van der Waals surface area contributed by atoms with Crippen LogP contribution >= 0.6 is 11.3 Å². The quantitative estimate of drug-likeness (QED) is 0.773. The number of aliphatic carboxylic acids is 1. The Morgan fingerprint density at radius 1 is 1.57 bits per heavy atom. The summed E-state index contributed by atoms with van der Waals surface area (Å²) in [7, 11) is 1.58. The van der Waals surface area contributed by atoms with Crippen LogP contribution in [0.4, 0.5) is 5.00 Å². The average molecular weight is 213 g/mol. The molecule has 1 unspecified atom stereocenters. The van der Waals surface area contributed by atoms with E-state index in [1.807, 2.05) is 11.4 Å². The van der Waals surface area contributed by atoms with Gasteiger partial charge in [-0.2, -0.15) is 0 Å². The van der Waals surface area contributed by atoms with Crippen LogP contribution in [-0.4, -0.2) is 24.0 Å². The van der Waals surface area contributed by atoms with Crippen molar-refractivity contribution in [3.63, 3.8) is 0 Å². The topological polar surface area (TPSA) is 57.6 Å². The zero-order valence-electron chi connectivity index (χ0n) is 7.93. The van der Waals surface area contributed by atoms with Crippen LogP contribution in [0.15, 0.2) is 17.5 Å². The summed E-state index contributed by atoms with van der Waals surface area (Å²) in [5.41, 5.74) is 0. The summed E-state index contributed by atoms with van der Waals surface area (Å²) in [6, 6.07) is 3.59. The van der Waals surface area contributed by atoms with Crippen molar-refractivity contribution in [2.75, 3.05) is 11.9 Å². The van der Waals surface area contributed by atoms with Crippen molar-refractivity contribution >= 4 is 28.2 Å². The fraction of sp³-hybridized carbons (Fsp3) is 0.333. The van der Waals surface area contributed by atoms with Gasteiger partial charge in [-0.3, -0.25) is 9.59 Å². The van der Waals surface area contributed by atoms with Gasteiger partial charge in [-0.05, 0) is 24.4 Å². The summed E-state index contributed by atoms with van der Waals surface area (Å²) in [6.45, 7) is 1.38. The molecule has 0 aliphatic heterocycles. The monoisotopic (exact) mass is 213 g/mol. The van der Waals surface area contributed by atoms with Crippen molar-refractivity contribution in [1.82, 2.24) is 0 Å². The summed E-state index contributed by atoms with van der Waals surface area (Å²) in [4.78, 5) is 23.5. The van der Waals surface area contributed by atoms with Crippen molar-refractivity contribution in [3.8, 4) is 0 Å². The maximum absolute atomic E-state index is 11.5. The van der Waals surface area contributed by atoms with Crippen molar-refractivity contribution in [2.24, 2.45) is 5.92 Å². The Morgan fingerprint density at radius 2 is 2.21 bits per heavy atom. The molecule has 1 heterocycles. The SMILES string of the molecule is CC(C(=O)O)C(=O)N(C)c1cccs1. The van der Waals surface area contributed by atoms with E-state index in [0.29, 0.717) is 0 Å². The minimum atomic E-state index is -1.10. The molecule has 1 rings (SSSR count). The largest absolute Gasteiger partial charge is 0.481 e. The molecule has 1 atom stereocenters. The average Bonchev–Trinajstić information content (AvgIpc) is 2.67. The summed E-state index contributed by atoms with van der Waals surface area (Å²) in [6.07, 6.45) is 0. The zero-order valence-corrected chi connectivity index (χ0v) is 8.75. The molecule has 0 aliphatic rings. The van der Waals surface area contributed by atoms with Crippen molar-refractivity contribution < 1.29 is 14.7 Å². The van der Waals surface area contributed by atoms with E-state index in [9.17, 15) is 9.59 Å². The Hall–Kier alpha value is -1.36. The van der Waals surface area contributed by atoms with Gasteiger partial charge in [0.05, 0.1) is 5.00 Å². The molecule has 1 amide bonds. The van der Waals surface area contributed by atoms with Crippen molar-refractivity contribution in [3.05, 3.63) is 17.5 Å². The van der Waals surface area contributed by atoms with Gasteiger partial charge in [0.1, 0.15) is 5.92 Å². The Balaban J connectivity index is 2.76. The van der Waals surface area contributed by atoms with E-state index < -0.39 is 17.8 Å². The standard InChI is InChI=1S/C9H11NO3S/c1-6(9(12)13)8(11)10(2)7-4-3-5-14-7/h3-6H,1-2H3,(H,12,13). The lowest BCUT2D eigenvalue weighted by Crippen LogP contribution is -2.34. The molecule has 1 N–H and O–H groups in total. The first-order valence-electron chi connectivity index (χ1n) is 4.08. The van der Waals surface area contributed by atoms with Crippen LogP contribution in [0.1, 0.15) is 6.92 Å². The lowest BCUT2D eigenvalue weighted by Gasteiger charge is -2.17. The van der Waals surface area contributed by atoms with Crippen LogP contribution in [-0.2, 0) is 9.59 Å². The Morgan fingerprint density at radius 3 is 2.64 bits per heavy atom. The minimum absolute atomic E-state index is 0.403. The van der Waals surface area contributed by atoms with Gasteiger partial charge < -0.3 is 10.0 Å². The minimum Gasteiger partial charge on any atom is -0.481 e. The molecule has 1 aromatic rings. The second kappa shape index (κ2) is 4.23. The highest BCUT2D eigenvalue weighted by Gasteiger charge is 2.24. The predicted molar refractivity (Wildman–Crippen MR) is 54.5 cm³/mol. The molecule has 14 heavy (non-hydrogen) atoms. The number of carbonyl (C=O) groups excluding carboxylic acids is 1. The van der Waals surface area contributed by atoms with Gasteiger partial charge in [-0.25, -0.2) is 0 Å². The fourth-order valence-electron chi connectivity index (χ4n) is 0.965. The molecule has 4 nitrogen and oxygen atoms in total. The first-order chi connectivity index (χ1) is 6.54. The molecule has 0 radical (unpaired) electrons. The molecule has 76 valence electrons. The zero-order chi connectivity index (χ0) is 10.7. The smallest absolute Gasteiger partial charge is 0.315 e. The number of hydrogen-bond donors (Lipinski definition) is 1. The molecular formula is C9H11NO3S. The van der Waals surface area contributed by atoms with E-state index in [-0.39, 0.29) is 0 Å². The van der Waals surface area contributed by atoms with Crippen LogP contribution in [0, 0.1) is 5.92 Å². The summed E-state index contributed by atoms with van der Waals surface area (Å²) < 4.78 is 0. The number of carbonyl (C=O) groups is 2. The molecule has 0 saturated carbocycles. The van der Waals surface area contributed by atoms with Crippen LogP contribution in [0.2, 0.25) is 0 Å². The van der Waals surface area contributed by atoms with Gasteiger partial charge in [-0.15, -0.1) is 11.3 Å². The lowest BCUT2D eigenvalue weighted by atomic mass is 10.1. The highest BCUT2D eigenvalue weighted by Crippen LogP contribution is 2.21. The third kappa shape index (κ3) is 2.11. The molecule has 0 fully saturated rings. The predicted octanol–water partition coefficient (Wildman–Crippen LogP) is 1.43. The molecule has 0 aliphatic carbocycles. The summed E-state index contributed by atoms with van der Waals surface area (Å²) in [5.74, 6) is -2.50. The molecule has 0 saturated heterocycles. The Kier molecular flexibility index (Phi) is 3.24. The van der Waals surface area contributed by atoms with Crippen molar-refractivity contribution in [2.45, 2.75) is 6.92 Å². The van der Waals surface area contributed by atoms with Crippen LogP contribution in [0.5, 0.6) is 0 Å². The maximum atomic E-state index is 11.5. The molecule has 0 aromatic carbocycles. The van der Waals surface area contributed by atoms with Gasteiger partial charge in [0, 0.05) is 7.05 Å². The van der Waals surface area contributed by atoms with Gasteiger partial charge in [0.25, 0.3) is 0 Å². The third-order valence-electron chi connectivity index (χ3n) is 1.91. The van der Waals surface area contributed by atoms with Crippen molar-refractivity contribution in [1.29, 1.82) is 0 Å². The highest BCUT2D eigenvalue weighted by molar-refractivity contribution is 7.14. The van der Waals surface area contributed by atoms with Crippen LogP contribution in [0.3, 0.4) is 0 Å². The number of carboxylic acids is 1. The molecule has 1 aromatic heterocycles. The van der Waals surface area contributed by atoms with Crippen LogP contribution in [0.25, 0.3) is 0 Å². The number of anilines is 1. The summed E-state index contributed by atoms with van der Waals surface area (Å²) >= 11 is 1.40. The first kappa shape index (κ1) is 10.7. The maximum Gasteiger partial charge on any atom is 0.315 e. The van der Waals surface area contributed by atoms with Crippen LogP contribution < -0.4 is 4.90 Å². The van der Waals surface area contributed by atoms with Gasteiger partial charge in [-0.1, -0.05) is 0 Å². The Labute approximate surface area is 85.8 Å². The van der Waals surface area contributed by atoms with E-state index in [1.54, 1.807) is 13.1 Å². The molecular weight excluding hydrogens is 202 g/mol. The second-order valence-electron chi connectivity index (χ2n) is 2.91. The lowest BCUT2D eigenvalue weighted by molar-refractivity contribution is -0.145. The van der Waals surface area contributed by atoms with E-state index in [4.69, 9.17) is 5.11 Å². The summed E-state index contributed by atoms with van der Waals surface area (Å²) in [5, 5.41) is 11.2. The van der Waals surface area contributed by atoms with E-state index >= 15 is 0 Å². The highest BCUT2D eigenvalue weighted by atomic mass is 32.1. The van der Waals surface area contributed by atoms with E-state index in [2.05, 4.69) is 0 Å². The number of thiophene rings is 1. The number of carboxylic acid groups (broad SMARTS) is 1. The van der Waals surface area contributed by atoms with Gasteiger partial charge in [0.2, 0.25) is 5.91 Å². The molecule has 0 bridgehead atoms.